The lowest BCUT2D eigenvalue weighted by Crippen LogP contribution is -2.37. The Morgan fingerprint density at radius 2 is 2.00 bits per heavy atom. The summed E-state index contributed by atoms with van der Waals surface area (Å²) in [6.07, 6.45) is 3.25. The molecule has 0 fully saturated rings. The van der Waals surface area contributed by atoms with Crippen LogP contribution in [0.15, 0.2) is 6.33 Å². The van der Waals surface area contributed by atoms with Gasteiger partial charge < -0.3 is 21.0 Å². The Morgan fingerprint density at radius 3 is 2.60 bits per heavy atom. The first kappa shape index (κ1) is 16.0. The topological polar surface area (TPSA) is 108 Å². The predicted molar refractivity (Wildman–Crippen MR) is 79.4 cm³/mol. The number of rotatable bonds is 7. The van der Waals surface area contributed by atoms with Crippen LogP contribution in [0.1, 0.15) is 18.9 Å². The number of aromatic nitrogens is 2. The summed E-state index contributed by atoms with van der Waals surface area (Å²) in [6.45, 7) is 3.17. The molecule has 0 saturated heterocycles. The molecule has 0 unspecified atom stereocenters. The number of urea groups is 1. The second kappa shape index (κ2) is 8.16. The number of hydrogen-bond acceptors (Lipinski definition) is 6. The third kappa shape index (κ3) is 4.54. The molecule has 0 saturated carbocycles. The summed E-state index contributed by atoms with van der Waals surface area (Å²) in [6, 6.07) is -0.118. The van der Waals surface area contributed by atoms with Gasteiger partial charge in [0, 0.05) is 32.7 Å². The molecule has 1 heterocycles. The average Bonchev–Trinajstić information content (AvgIpc) is 2.44. The maximum absolute atomic E-state index is 11.4. The maximum Gasteiger partial charge on any atom is 0.316 e. The summed E-state index contributed by atoms with van der Waals surface area (Å²) in [5, 5.41) is 5.96. The molecule has 0 radical (unpaired) electrons. The van der Waals surface area contributed by atoms with E-state index in [1.807, 2.05) is 0 Å². The minimum atomic E-state index is -0.118. The number of hydrogen-bond donors (Lipinski definition) is 4. The van der Waals surface area contributed by atoms with Gasteiger partial charge in [0.25, 0.3) is 0 Å². The van der Waals surface area contributed by atoms with Crippen molar-refractivity contribution in [3.63, 3.8) is 0 Å². The molecule has 0 spiro atoms. The first-order valence-electron chi connectivity index (χ1n) is 6.59. The largest absolute Gasteiger partial charge is 0.368 e. The third-order valence-corrected chi connectivity index (χ3v) is 2.68. The van der Waals surface area contributed by atoms with E-state index in [4.69, 9.17) is 5.84 Å². The summed E-state index contributed by atoms with van der Waals surface area (Å²) in [4.78, 5) is 21.2. The zero-order valence-electron chi connectivity index (χ0n) is 12.2. The molecule has 0 aliphatic rings. The lowest BCUT2D eigenvalue weighted by Gasteiger charge is -2.15. The Labute approximate surface area is 119 Å². The van der Waals surface area contributed by atoms with Crippen molar-refractivity contribution in [3.05, 3.63) is 11.9 Å². The van der Waals surface area contributed by atoms with Crippen molar-refractivity contribution in [2.45, 2.75) is 19.8 Å². The Hall–Kier alpha value is -2.09. The number of carbonyl (C=O) groups excluding carboxylic acids is 1. The Kier molecular flexibility index (Phi) is 6.51. The summed E-state index contributed by atoms with van der Waals surface area (Å²) >= 11 is 0. The smallest absolute Gasteiger partial charge is 0.316 e. The number of anilines is 2. The van der Waals surface area contributed by atoms with Crippen molar-refractivity contribution in [2.75, 3.05) is 37.9 Å². The van der Waals surface area contributed by atoms with Crippen LogP contribution in [0.3, 0.4) is 0 Å². The highest BCUT2D eigenvalue weighted by molar-refractivity contribution is 5.73. The van der Waals surface area contributed by atoms with E-state index in [0.29, 0.717) is 18.9 Å². The van der Waals surface area contributed by atoms with Crippen molar-refractivity contribution in [1.82, 2.24) is 20.2 Å². The van der Waals surface area contributed by atoms with Crippen molar-refractivity contribution < 1.29 is 4.79 Å². The molecule has 2 amide bonds. The van der Waals surface area contributed by atoms with Crippen LogP contribution < -0.4 is 21.9 Å². The van der Waals surface area contributed by atoms with Gasteiger partial charge in [0.05, 0.1) is 0 Å². The highest BCUT2D eigenvalue weighted by atomic mass is 16.2. The van der Waals surface area contributed by atoms with Crippen LogP contribution in [0.2, 0.25) is 0 Å². The summed E-state index contributed by atoms with van der Waals surface area (Å²) in [5.41, 5.74) is 3.53. The number of nitrogen functional groups attached to an aromatic ring is 1. The second-order valence-corrected chi connectivity index (χ2v) is 4.50. The fourth-order valence-electron chi connectivity index (χ4n) is 1.68. The van der Waals surface area contributed by atoms with Gasteiger partial charge in [0.2, 0.25) is 0 Å². The van der Waals surface area contributed by atoms with Crippen molar-refractivity contribution in [2.24, 2.45) is 5.84 Å². The molecule has 0 atom stereocenters. The third-order valence-electron chi connectivity index (χ3n) is 2.68. The number of hydrazine groups is 1. The van der Waals surface area contributed by atoms with E-state index in [2.05, 4.69) is 33.0 Å². The average molecular weight is 281 g/mol. The lowest BCUT2D eigenvalue weighted by atomic mass is 10.1. The molecule has 0 aliphatic heterocycles. The van der Waals surface area contributed by atoms with Crippen LogP contribution in [0.25, 0.3) is 0 Å². The standard InChI is InChI=1S/C12H23N7O/c1-4-5-9-10(16-8-17-11(9)18-13)14-6-7-15-12(20)19(2)3/h8H,4-7,13H2,1-3H3,(H,15,20)(H2,14,16,17,18). The van der Waals surface area contributed by atoms with Gasteiger partial charge in [-0.15, -0.1) is 0 Å². The van der Waals surface area contributed by atoms with E-state index in [-0.39, 0.29) is 6.03 Å². The van der Waals surface area contributed by atoms with E-state index >= 15 is 0 Å². The zero-order chi connectivity index (χ0) is 15.0. The predicted octanol–water partition coefficient (Wildman–Crippen LogP) is 0.398. The summed E-state index contributed by atoms with van der Waals surface area (Å²) < 4.78 is 0. The van der Waals surface area contributed by atoms with Gasteiger partial charge in [-0.05, 0) is 6.42 Å². The zero-order valence-corrected chi connectivity index (χ0v) is 12.2. The van der Waals surface area contributed by atoms with Gasteiger partial charge in [-0.1, -0.05) is 13.3 Å². The van der Waals surface area contributed by atoms with Crippen LogP contribution in [-0.2, 0) is 6.42 Å². The fourth-order valence-corrected chi connectivity index (χ4v) is 1.68. The number of nitrogens with two attached hydrogens (primary N) is 1. The van der Waals surface area contributed by atoms with Gasteiger partial charge in [-0.3, -0.25) is 0 Å². The molecule has 1 aromatic heterocycles. The van der Waals surface area contributed by atoms with Gasteiger partial charge in [0.15, 0.2) is 0 Å². The number of carbonyl (C=O) groups is 1. The fraction of sp³-hybridized carbons (Fsp3) is 0.583. The summed E-state index contributed by atoms with van der Waals surface area (Å²) in [7, 11) is 3.40. The Morgan fingerprint density at radius 1 is 1.30 bits per heavy atom. The van der Waals surface area contributed by atoms with E-state index in [0.717, 1.165) is 24.2 Å². The van der Waals surface area contributed by atoms with Crippen LogP contribution in [0.5, 0.6) is 0 Å². The molecule has 112 valence electrons. The SMILES string of the molecule is CCCc1c(NN)ncnc1NCCNC(=O)N(C)C. The number of amides is 2. The first-order valence-corrected chi connectivity index (χ1v) is 6.59. The Balaban J connectivity index is 2.57. The highest BCUT2D eigenvalue weighted by Gasteiger charge is 2.09. The molecule has 1 rings (SSSR count). The Bertz CT molecular complexity index is 436. The van der Waals surface area contributed by atoms with Crippen molar-refractivity contribution in [3.8, 4) is 0 Å². The van der Waals surface area contributed by atoms with Crippen LogP contribution in [0, 0.1) is 0 Å². The molecule has 8 nitrogen and oxygen atoms in total. The molecule has 5 N–H and O–H groups in total. The molecule has 1 aromatic rings. The van der Waals surface area contributed by atoms with Gasteiger partial charge in [0.1, 0.15) is 18.0 Å². The monoisotopic (exact) mass is 281 g/mol. The quantitative estimate of drug-likeness (QED) is 0.327. The van der Waals surface area contributed by atoms with Crippen molar-refractivity contribution >= 4 is 17.7 Å². The van der Waals surface area contributed by atoms with Gasteiger partial charge >= 0.3 is 6.03 Å². The van der Waals surface area contributed by atoms with Crippen LogP contribution >= 0.6 is 0 Å². The molecule has 20 heavy (non-hydrogen) atoms. The minimum absolute atomic E-state index is 0.118. The molecule has 0 aliphatic carbocycles. The molecule has 8 heteroatoms. The van der Waals surface area contributed by atoms with E-state index in [1.54, 1.807) is 14.1 Å². The molecular weight excluding hydrogens is 258 g/mol. The molecule has 0 aromatic carbocycles. The van der Waals surface area contributed by atoms with Gasteiger partial charge in [-0.25, -0.2) is 20.6 Å². The van der Waals surface area contributed by atoms with E-state index in [9.17, 15) is 4.79 Å². The van der Waals surface area contributed by atoms with Crippen LogP contribution in [-0.4, -0.2) is 48.1 Å². The number of nitrogens with zero attached hydrogens (tertiary/aromatic N) is 3. The van der Waals surface area contributed by atoms with E-state index < -0.39 is 0 Å². The van der Waals surface area contributed by atoms with E-state index in [1.165, 1.54) is 11.2 Å². The molecule has 0 bridgehead atoms. The lowest BCUT2D eigenvalue weighted by molar-refractivity contribution is 0.218. The second-order valence-electron chi connectivity index (χ2n) is 4.50. The van der Waals surface area contributed by atoms with Gasteiger partial charge in [-0.2, -0.15) is 0 Å². The first-order chi connectivity index (χ1) is 9.60. The van der Waals surface area contributed by atoms with Crippen molar-refractivity contribution in [1.29, 1.82) is 0 Å². The van der Waals surface area contributed by atoms with Crippen LogP contribution in [0.4, 0.5) is 16.4 Å². The normalized spacial score (nSPS) is 10.0. The highest BCUT2D eigenvalue weighted by Crippen LogP contribution is 2.20. The molecular formula is C12H23N7O. The maximum atomic E-state index is 11.4. The number of nitrogens with one attached hydrogen (secondary N) is 3. The minimum Gasteiger partial charge on any atom is -0.368 e. The summed E-state index contributed by atoms with van der Waals surface area (Å²) in [5.74, 6) is 6.82.